The summed E-state index contributed by atoms with van der Waals surface area (Å²) in [5.74, 6) is 0. The molecule has 0 saturated carbocycles. The van der Waals surface area contributed by atoms with E-state index in [1.165, 1.54) is 18.2 Å². The summed E-state index contributed by atoms with van der Waals surface area (Å²) in [6, 6.07) is 6.35. The normalized spacial score (nSPS) is 50.3. The molecule has 17 N–H and O–H groups in total. The molecule has 22 aliphatic heterocycles. The Hall–Kier alpha value is -2.03. The van der Waals surface area contributed by atoms with E-state index in [-0.39, 0.29) is 0 Å². The summed E-state index contributed by atoms with van der Waals surface area (Å²) < 4.78 is 102. The molecule has 0 spiro atoms. The third-order valence-electron chi connectivity index (χ3n) is 13.9. The van der Waals surface area contributed by atoms with E-state index in [4.69, 9.17) is 61.0 Å². The van der Waals surface area contributed by atoms with Crippen LogP contribution in [0.1, 0.15) is 0 Å². The van der Waals surface area contributed by atoms with Crippen LogP contribution in [0.5, 0.6) is 0 Å². The molecule has 22 aliphatic rings. The summed E-state index contributed by atoms with van der Waals surface area (Å²) in [4.78, 5) is -0.475. The SMILES string of the molecule is O=S(=O)(O[C@@H]1[C@@H](O)[C@H]2O[C@H]3[C@H](O)[C@@H](O)[C@@H](O[C@H]4[C@H](O)[C@@H](O)[C@@H](O[C@H]5[C@H](O)[C@@H](O)[C@@H](O[C@H]6[C@H](O)[C@@H](O)[C@@H](O[C@H]7[C@H](O)[C@@H](O)[C@@H](O[C@H]1[C@@H](CO)O2)O[C@@H]7CO)O[C@@H]6CO)O[C@@H]5CO)O[C@@H]4CO)O[C@@H]3CO)c1ccccc1. The highest BCUT2D eigenvalue weighted by atomic mass is 32.2. The Balaban J connectivity index is 1.14. The number of aliphatic hydroxyl groups excluding tert-OH is 17. The van der Waals surface area contributed by atoms with Crippen molar-refractivity contribution in [1.29, 1.82) is 0 Å². The van der Waals surface area contributed by atoms with E-state index in [2.05, 4.69) is 0 Å². The zero-order valence-corrected chi connectivity index (χ0v) is 39.9. The lowest BCUT2D eigenvalue weighted by Crippen LogP contribution is -2.69. The van der Waals surface area contributed by atoms with Crippen molar-refractivity contribution in [3.8, 4) is 0 Å². The molecule has 22 fully saturated rings. The molecule has 33 heteroatoms. The molecule has 0 aromatic heterocycles. The standard InChI is InChI=1S/C42H64O32S/c43-6-13-30-19(49)24(54)37(62-13)69-31-14(7-44)64-39(26(56)21(31)51)71-33-16(9-46)66-41(28(58)23(33)53)73-35-18(11-48)67-42(29(59)36(35)74-75(60,61)12-4-2-1-3-5-12)72-34-17(10-47)65-40(27(57)22(34)52)70-32-15(8-45)63-38(68-30)25(55)20(32)50/h1-5,13-59H,6-11H2/t13-,14-,15-,16-,17-,18-,19-,20-,21-,22-,23-,24-,25-,26-,27-,28-,29-,30-,31-,32-,33-,34-,35+,36-,37-,38-,39-,40-,41-,42-/m1/s1. The van der Waals surface area contributed by atoms with Crippen LogP contribution in [0.3, 0.4) is 0 Å². The molecule has 0 amide bonds. The average molecular weight is 1110 g/mol. The van der Waals surface area contributed by atoms with Gasteiger partial charge >= 0.3 is 0 Å². The highest BCUT2D eigenvalue weighted by Gasteiger charge is 2.59. The first kappa shape index (κ1) is 59.1. The summed E-state index contributed by atoms with van der Waals surface area (Å²) in [7, 11) is -4.95. The highest BCUT2D eigenvalue weighted by Crippen LogP contribution is 2.39. The molecule has 75 heavy (non-hydrogen) atoms. The van der Waals surface area contributed by atoms with Gasteiger partial charge in [0.15, 0.2) is 37.7 Å². The topological polar surface area (TPSA) is 498 Å². The zero-order valence-electron chi connectivity index (χ0n) is 39.1. The van der Waals surface area contributed by atoms with Crippen LogP contribution >= 0.6 is 0 Å². The Kier molecular flexibility index (Phi) is 19.5. The van der Waals surface area contributed by atoms with Gasteiger partial charge in [0.05, 0.1) is 44.5 Å². The van der Waals surface area contributed by atoms with Crippen LogP contribution in [-0.4, -0.2) is 319 Å². The van der Waals surface area contributed by atoms with Crippen molar-refractivity contribution in [2.75, 3.05) is 39.6 Å². The quantitative estimate of drug-likeness (QED) is 0.102. The number of hydrogen-bond donors (Lipinski definition) is 17. The summed E-state index contributed by atoms with van der Waals surface area (Å²) >= 11 is 0. The molecular formula is C42H64O32S. The van der Waals surface area contributed by atoms with Crippen molar-refractivity contribution >= 4 is 10.1 Å². The average Bonchev–Trinajstić information content (AvgIpc) is 3.41. The second kappa shape index (κ2) is 24.8. The molecule has 0 unspecified atom stereocenters. The maximum absolute atomic E-state index is 13.8. The van der Waals surface area contributed by atoms with E-state index in [9.17, 15) is 95.2 Å². The largest absolute Gasteiger partial charge is 0.394 e. The van der Waals surface area contributed by atoms with E-state index in [0.29, 0.717) is 0 Å². The maximum atomic E-state index is 13.8. The minimum absolute atomic E-state index is 0.475. The monoisotopic (exact) mass is 1110 g/mol. The lowest BCUT2D eigenvalue weighted by atomic mass is 9.94. The van der Waals surface area contributed by atoms with E-state index < -0.39 is 239 Å². The predicted molar refractivity (Wildman–Crippen MR) is 228 cm³/mol. The number of benzene rings is 1. The molecule has 0 aliphatic carbocycles. The predicted octanol–water partition coefficient (Wildman–Crippen LogP) is -11.6. The minimum atomic E-state index is -4.95. The van der Waals surface area contributed by atoms with Gasteiger partial charge in [-0.2, -0.15) is 8.42 Å². The van der Waals surface area contributed by atoms with Crippen LogP contribution < -0.4 is 0 Å². The van der Waals surface area contributed by atoms with Gasteiger partial charge in [0.2, 0.25) is 0 Å². The number of rotatable bonds is 9. The van der Waals surface area contributed by atoms with Gasteiger partial charge in [-0.15, -0.1) is 0 Å². The molecule has 30 atom stereocenters. The van der Waals surface area contributed by atoms with Gasteiger partial charge in [0.25, 0.3) is 10.1 Å². The lowest BCUT2D eigenvalue weighted by molar-refractivity contribution is -0.403. The Labute approximate surface area is 424 Å². The van der Waals surface area contributed by atoms with Crippen LogP contribution in [-0.2, 0) is 71.1 Å². The van der Waals surface area contributed by atoms with Crippen LogP contribution in [0.4, 0.5) is 0 Å². The Morgan fingerprint density at radius 3 is 0.800 bits per heavy atom. The van der Waals surface area contributed by atoms with Gasteiger partial charge in [-0.25, -0.2) is 0 Å². The number of aliphatic hydroxyl groups is 17. The zero-order chi connectivity index (χ0) is 54.4. The van der Waals surface area contributed by atoms with E-state index >= 15 is 0 Å². The molecule has 430 valence electrons. The third-order valence-corrected chi connectivity index (χ3v) is 15.2. The highest BCUT2D eigenvalue weighted by molar-refractivity contribution is 7.86. The molecule has 23 rings (SSSR count). The summed E-state index contributed by atoms with van der Waals surface area (Å²) in [6.07, 6.45) is -61.4. The number of ether oxygens (including phenoxy) is 12. The van der Waals surface area contributed by atoms with E-state index in [1.54, 1.807) is 0 Å². The van der Waals surface area contributed by atoms with Crippen molar-refractivity contribution in [3.05, 3.63) is 30.3 Å². The molecule has 22 heterocycles. The fraction of sp³-hybridized carbons (Fsp3) is 0.857. The van der Waals surface area contributed by atoms with E-state index in [0.717, 1.165) is 12.1 Å². The fourth-order valence-corrected chi connectivity index (χ4v) is 10.9. The smallest absolute Gasteiger partial charge is 0.297 e. The Morgan fingerprint density at radius 2 is 0.547 bits per heavy atom. The van der Waals surface area contributed by atoms with Crippen molar-refractivity contribution < 1.29 is 156 Å². The first-order valence-corrected chi connectivity index (χ1v) is 25.1. The van der Waals surface area contributed by atoms with Gasteiger partial charge < -0.3 is 144 Å². The van der Waals surface area contributed by atoms with Crippen LogP contribution in [0.25, 0.3) is 0 Å². The molecular weight excluding hydrogens is 1050 g/mol. The van der Waals surface area contributed by atoms with E-state index in [1.807, 2.05) is 0 Å². The van der Waals surface area contributed by atoms with Crippen molar-refractivity contribution in [3.63, 3.8) is 0 Å². The van der Waals surface area contributed by atoms with Crippen molar-refractivity contribution in [1.82, 2.24) is 0 Å². The molecule has 22 saturated heterocycles. The van der Waals surface area contributed by atoms with Gasteiger partial charge in [0, 0.05) is 0 Å². The molecule has 1 aromatic carbocycles. The van der Waals surface area contributed by atoms with Gasteiger partial charge in [-0.05, 0) is 12.1 Å². The Bertz CT molecular complexity index is 2060. The van der Waals surface area contributed by atoms with Crippen LogP contribution in [0, 0.1) is 0 Å². The summed E-state index contributed by atoms with van der Waals surface area (Å²) in [6.45, 7) is -6.41. The molecule has 1 aromatic rings. The lowest BCUT2D eigenvalue weighted by Gasteiger charge is -2.51. The molecule has 32 nitrogen and oxygen atoms in total. The van der Waals surface area contributed by atoms with Crippen LogP contribution in [0.15, 0.2) is 35.2 Å². The third kappa shape index (κ3) is 11.8. The van der Waals surface area contributed by atoms with Gasteiger partial charge in [0.1, 0.15) is 146 Å². The summed E-state index contributed by atoms with van der Waals surface area (Å²) in [5.41, 5.74) is 0. The van der Waals surface area contributed by atoms with Crippen LogP contribution in [0.2, 0.25) is 0 Å². The van der Waals surface area contributed by atoms with Crippen molar-refractivity contribution in [2.45, 2.75) is 189 Å². The van der Waals surface area contributed by atoms with Gasteiger partial charge in [-0.1, -0.05) is 18.2 Å². The Morgan fingerprint density at radius 1 is 0.320 bits per heavy atom. The molecule has 0 radical (unpaired) electrons. The van der Waals surface area contributed by atoms with Gasteiger partial charge in [-0.3, -0.25) is 4.18 Å². The second-order valence-electron chi connectivity index (χ2n) is 18.7. The minimum Gasteiger partial charge on any atom is -0.394 e. The first-order valence-electron chi connectivity index (χ1n) is 23.7. The fourth-order valence-electron chi connectivity index (χ4n) is 9.81. The summed E-state index contributed by atoms with van der Waals surface area (Å²) in [5, 5.41) is 188. The second-order valence-corrected chi connectivity index (χ2v) is 20.3. The molecule has 12 bridgehead atoms. The number of hydrogen-bond acceptors (Lipinski definition) is 32. The van der Waals surface area contributed by atoms with Crippen molar-refractivity contribution in [2.24, 2.45) is 0 Å². The maximum Gasteiger partial charge on any atom is 0.297 e. The first-order chi connectivity index (χ1) is 35.7.